The van der Waals surface area contributed by atoms with E-state index in [0.717, 1.165) is 34.0 Å². The van der Waals surface area contributed by atoms with E-state index in [1.807, 2.05) is 16.7 Å². The molecule has 0 bridgehead atoms. The zero-order valence-electron chi connectivity index (χ0n) is 17.0. The van der Waals surface area contributed by atoms with Crippen molar-refractivity contribution in [3.05, 3.63) is 75.0 Å². The maximum atomic E-state index is 6.18. The van der Waals surface area contributed by atoms with E-state index in [9.17, 15) is 0 Å². The summed E-state index contributed by atoms with van der Waals surface area (Å²) in [6, 6.07) is 13.4. The number of nitrogens with zero attached hydrogens (tertiary/aromatic N) is 4. The Morgan fingerprint density at radius 3 is 2.77 bits per heavy atom. The monoisotopic (exact) mass is 490 g/mol. The molecule has 0 aliphatic rings. The van der Waals surface area contributed by atoms with Crippen molar-refractivity contribution in [1.82, 2.24) is 19.7 Å². The number of benzene rings is 2. The van der Waals surface area contributed by atoms with Crippen LogP contribution >= 0.6 is 46.3 Å². The average Bonchev–Trinajstić information content (AvgIpc) is 3.39. The molecule has 4 rings (SSSR count). The van der Waals surface area contributed by atoms with E-state index in [-0.39, 0.29) is 6.61 Å². The van der Waals surface area contributed by atoms with E-state index in [2.05, 4.69) is 41.6 Å². The topological polar surface area (TPSA) is 52.8 Å². The van der Waals surface area contributed by atoms with Crippen LogP contribution in [0.25, 0.3) is 10.6 Å². The summed E-state index contributed by atoms with van der Waals surface area (Å²) in [6.07, 6.45) is 0. The fourth-order valence-corrected chi connectivity index (χ4v) is 5.29. The Kier molecular flexibility index (Phi) is 7.17. The van der Waals surface area contributed by atoms with Crippen LogP contribution < -0.4 is 4.74 Å². The van der Waals surface area contributed by atoms with Crippen molar-refractivity contribution in [1.29, 1.82) is 0 Å². The predicted octanol–water partition coefficient (Wildman–Crippen LogP) is 6.91. The normalized spacial score (nSPS) is 11.1. The number of thiazole rings is 1. The van der Waals surface area contributed by atoms with Gasteiger partial charge < -0.3 is 9.30 Å². The molecule has 0 saturated heterocycles. The Morgan fingerprint density at radius 2 is 1.97 bits per heavy atom. The maximum absolute atomic E-state index is 6.18. The minimum atomic E-state index is 0.260. The van der Waals surface area contributed by atoms with Crippen LogP contribution in [0.5, 0.6) is 5.75 Å². The summed E-state index contributed by atoms with van der Waals surface area (Å²) in [5.41, 5.74) is 3.44. The molecule has 0 radical (unpaired) electrons. The standard InChI is InChI=1S/C22H20Cl2N4OS2/c1-3-28-20(11-29-19-10-15(23)8-9-18(19)24)26-27-22(28)31-13-16-12-30-21(25-16)17-7-5-4-6-14(17)2/h4-10,12H,3,11,13H2,1-2H3. The summed E-state index contributed by atoms with van der Waals surface area (Å²) in [4.78, 5) is 4.80. The lowest BCUT2D eigenvalue weighted by molar-refractivity contribution is 0.288. The van der Waals surface area contributed by atoms with Crippen LogP contribution in [0.3, 0.4) is 0 Å². The quantitative estimate of drug-likeness (QED) is 0.251. The van der Waals surface area contributed by atoms with Gasteiger partial charge in [-0.15, -0.1) is 21.5 Å². The Balaban J connectivity index is 1.42. The number of hydrogen-bond acceptors (Lipinski definition) is 6. The second-order valence-corrected chi connectivity index (χ2v) is 9.40. The molecule has 2 aromatic carbocycles. The number of aromatic nitrogens is 4. The van der Waals surface area contributed by atoms with Crippen LogP contribution in [0.4, 0.5) is 0 Å². The molecule has 0 atom stereocenters. The molecular formula is C22H20Cl2N4OS2. The molecule has 0 spiro atoms. The Bertz CT molecular complexity index is 1190. The van der Waals surface area contributed by atoms with Gasteiger partial charge in [-0.05, 0) is 31.5 Å². The molecule has 0 aliphatic carbocycles. The van der Waals surface area contributed by atoms with Gasteiger partial charge in [0.15, 0.2) is 11.0 Å². The van der Waals surface area contributed by atoms with E-state index in [0.29, 0.717) is 15.8 Å². The van der Waals surface area contributed by atoms with Crippen molar-refractivity contribution in [2.75, 3.05) is 0 Å². The Hall–Kier alpha value is -2.06. The van der Waals surface area contributed by atoms with E-state index in [1.165, 1.54) is 11.1 Å². The number of aryl methyl sites for hydroxylation is 1. The van der Waals surface area contributed by atoms with E-state index < -0.39 is 0 Å². The fourth-order valence-electron chi connectivity index (χ4n) is 3.03. The number of thioether (sulfide) groups is 1. The van der Waals surface area contributed by atoms with E-state index in [4.69, 9.17) is 32.9 Å². The number of rotatable bonds is 8. The zero-order valence-corrected chi connectivity index (χ0v) is 20.2. The molecule has 9 heteroatoms. The van der Waals surface area contributed by atoms with Crippen molar-refractivity contribution in [3.8, 4) is 16.3 Å². The first kappa shape index (κ1) is 22.1. The van der Waals surface area contributed by atoms with Crippen LogP contribution in [0.1, 0.15) is 24.0 Å². The third kappa shape index (κ3) is 5.23. The second-order valence-electron chi connectivity index (χ2n) is 6.75. The second kappa shape index (κ2) is 10.0. The largest absolute Gasteiger partial charge is 0.484 e. The van der Waals surface area contributed by atoms with Crippen LogP contribution in [0, 0.1) is 6.92 Å². The lowest BCUT2D eigenvalue weighted by Gasteiger charge is -2.10. The van der Waals surface area contributed by atoms with Gasteiger partial charge in [-0.2, -0.15) is 0 Å². The van der Waals surface area contributed by atoms with Gasteiger partial charge in [0.25, 0.3) is 0 Å². The van der Waals surface area contributed by atoms with Crippen LogP contribution in [0.2, 0.25) is 10.0 Å². The molecule has 4 aromatic rings. The van der Waals surface area contributed by atoms with Crippen molar-refractivity contribution < 1.29 is 4.74 Å². The maximum Gasteiger partial charge on any atom is 0.191 e. The third-order valence-electron chi connectivity index (χ3n) is 4.64. The lowest BCUT2D eigenvalue weighted by Crippen LogP contribution is -2.07. The summed E-state index contributed by atoms with van der Waals surface area (Å²) >= 11 is 15.5. The summed E-state index contributed by atoms with van der Waals surface area (Å²) in [5.74, 6) is 1.99. The fraction of sp³-hybridized carbons (Fsp3) is 0.227. The molecular weight excluding hydrogens is 471 g/mol. The van der Waals surface area contributed by atoms with Gasteiger partial charge in [-0.1, -0.05) is 59.2 Å². The summed E-state index contributed by atoms with van der Waals surface area (Å²) in [6.45, 7) is 5.16. The summed E-state index contributed by atoms with van der Waals surface area (Å²) in [7, 11) is 0. The van der Waals surface area contributed by atoms with Gasteiger partial charge in [0, 0.05) is 34.3 Å². The van der Waals surface area contributed by atoms with Crippen LogP contribution in [-0.4, -0.2) is 19.7 Å². The minimum absolute atomic E-state index is 0.260. The molecule has 0 N–H and O–H groups in total. The van der Waals surface area contributed by atoms with Gasteiger partial charge in [-0.3, -0.25) is 0 Å². The smallest absolute Gasteiger partial charge is 0.191 e. The Labute approximate surface area is 199 Å². The number of ether oxygens (including phenoxy) is 1. The minimum Gasteiger partial charge on any atom is -0.484 e. The van der Waals surface area contributed by atoms with Crippen molar-refractivity contribution in [3.63, 3.8) is 0 Å². The molecule has 0 aliphatic heterocycles. The molecule has 31 heavy (non-hydrogen) atoms. The third-order valence-corrected chi connectivity index (χ3v) is 7.11. The average molecular weight is 491 g/mol. The SMILES string of the molecule is CCn1c(COc2cc(Cl)ccc2Cl)nnc1SCc1csc(-c2ccccc2C)n1. The first-order chi connectivity index (χ1) is 15.0. The highest BCUT2D eigenvalue weighted by molar-refractivity contribution is 7.98. The molecule has 0 unspecified atom stereocenters. The highest BCUT2D eigenvalue weighted by Gasteiger charge is 2.14. The summed E-state index contributed by atoms with van der Waals surface area (Å²) < 4.78 is 7.87. The van der Waals surface area contributed by atoms with Gasteiger partial charge in [0.1, 0.15) is 17.4 Å². The van der Waals surface area contributed by atoms with Gasteiger partial charge in [0.05, 0.1) is 10.7 Å². The molecule has 2 aromatic heterocycles. The molecule has 5 nitrogen and oxygen atoms in total. The summed E-state index contributed by atoms with van der Waals surface area (Å²) in [5, 5.41) is 13.7. The van der Waals surface area contributed by atoms with E-state index >= 15 is 0 Å². The van der Waals surface area contributed by atoms with Crippen molar-refractivity contribution >= 4 is 46.3 Å². The van der Waals surface area contributed by atoms with Gasteiger partial charge in [-0.25, -0.2) is 4.98 Å². The lowest BCUT2D eigenvalue weighted by atomic mass is 10.1. The number of halogens is 2. The van der Waals surface area contributed by atoms with Gasteiger partial charge in [0.2, 0.25) is 0 Å². The van der Waals surface area contributed by atoms with E-state index in [1.54, 1.807) is 41.3 Å². The first-order valence-electron chi connectivity index (χ1n) is 9.68. The zero-order chi connectivity index (χ0) is 21.8. The van der Waals surface area contributed by atoms with Crippen molar-refractivity contribution in [2.45, 2.75) is 37.9 Å². The molecule has 0 amide bonds. The number of hydrogen-bond donors (Lipinski definition) is 0. The van der Waals surface area contributed by atoms with Crippen molar-refractivity contribution in [2.24, 2.45) is 0 Å². The van der Waals surface area contributed by atoms with Gasteiger partial charge >= 0.3 is 0 Å². The molecule has 0 saturated carbocycles. The van der Waals surface area contributed by atoms with Crippen LogP contribution in [-0.2, 0) is 18.9 Å². The predicted molar refractivity (Wildman–Crippen MR) is 128 cm³/mol. The molecule has 160 valence electrons. The highest BCUT2D eigenvalue weighted by Crippen LogP contribution is 2.30. The highest BCUT2D eigenvalue weighted by atomic mass is 35.5. The molecule has 2 heterocycles. The van der Waals surface area contributed by atoms with Crippen LogP contribution in [0.15, 0.2) is 53.0 Å². The molecule has 0 fully saturated rings. The first-order valence-corrected chi connectivity index (χ1v) is 12.3. The Morgan fingerprint density at radius 1 is 1.13 bits per heavy atom.